The fourth-order valence-corrected chi connectivity index (χ4v) is 5.02. The van der Waals surface area contributed by atoms with Crippen LogP contribution in [0.5, 0.6) is 11.5 Å². The van der Waals surface area contributed by atoms with Crippen LogP contribution < -0.4 is 14.8 Å². The molecule has 9 nitrogen and oxygen atoms in total. The van der Waals surface area contributed by atoms with E-state index < -0.39 is 9.84 Å². The molecule has 1 aromatic carbocycles. The molecule has 2 heterocycles. The third-order valence-electron chi connectivity index (χ3n) is 6.33. The number of aryl methyl sites for hydroxylation is 2. The first-order valence-electron chi connectivity index (χ1n) is 12.7. The maximum atomic E-state index is 12.4. The molecular weight excluding hydrogens is 494 g/mol. The van der Waals surface area contributed by atoms with E-state index in [4.69, 9.17) is 14.2 Å². The third-order valence-corrected chi connectivity index (χ3v) is 7.28. The molecule has 0 aliphatic carbocycles. The molecule has 1 N–H and O–H groups in total. The van der Waals surface area contributed by atoms with E-state index in [9.17, 15) is 13.2 Å². The van der Waals surface area contributed by atoms with Gasteiger partial charge in [-0.15, -0.1) is 0 Å². The number of pyridine rings is 1. The van der Waals surface area contributed by atoms with Crippen molar-refractivity contribution in [2.75, 3.05) is 31.0 Å². The van der Waals surface area contributed by atoms with Gasteiger partial charge >= 0.3 is 6.09 Å². The second-order valence-corrected chi connectivity index (χ2v) is 12.0. The number of carbonyl (C=O) groups is 1. The Kier molecular flexibility index (Phi) is 9.64. The molecule has 10 heteroatoms. The third kappa shape index (κ3) is 7.99. The lowest BCUT2D eigenvalue weighted by Gasteiger charge is -2.37. The van der Waals surface area contributed by atoms with Crippen LogP contribution in [0.25, 0.3) is 0 Å². The van der Waals surface area contributed by atoms with Crippen LogP contribution in [0.1, 0.15) is 51.7 Å². The molecule has 204 valence electrons. The molecule has 1 unspecified atom stereocenters. The van der Waals surface area contributed by atoms with E-state index in [0.717, 1.165) is 23.2 Å². The summed E-state index contributed by atoms with van der Waals surface area (Å²) in [5, 5.41) is 3.37. The van der Waals surface area contributed by atoms with Gasteiger partial charge in [-0.2, -0.15) is 0 Å². The van der Waals surface area contributed by atoms with Crippen molar-refractivity contribution >= 4 is 27.4 Å². The Morgan fingerprint density at radius 3 is 2.65 bits per heavy atom. The van der Waals surface area contributed by atoms with Crippen LogP contribution in [0.2, 0.25) is 0 Å². The number of nitrogens with zero attached hydrogens (tertiary/aromatic N) is 2. The lowest BCUT2D eigenvalue weighted by atomic mass is 10.0. The molecule has 0 saturated carbocycles. The number of likely N-dealkylation sites (tertiary alicyclic amines) is 1. The Balaban J connectivity index is 1.73. The van der Waals surface area contributed by atoms with Gasteiger partial charge in [-0.05, 0) is 50.8 Å². The number of aromatic nitrogens is 1. The number of benzene rings is 1. The minimum Gasteiger partial charge on any atom is -0.490 e. The maximum absolute atomic E-state index is 12.4. The average molecular weight is 534 g/mol. The largest absolute Gasteiger partial charge is 0.490 e. The topological polar surface area (TPSA) is 107 Å². The van der Waals surface area contributed by atoms with E-state index in [1.165, 1.54) is 6.26 Å². The number of nitrogens with one attached hydrogen (secondary N) is 1. The second-order valence-electron chi connectivity index (χ2n) is 9.78. The van der Waals surface area contributed by atoms with Gasteiger partial charge in [-0.25, -0.2) is 18.2 Å². The Hall–Kier alpha value is -3.01. The fourth-order valence-electron chi connectivity index (χ4n) is 4.41. The molecular formula is C27H39N3O6S. The Morgan fingerprint density at radius 1 is 1.27 bits per heavy atom. The molecule has 37 heavy (non-hydrogen) atoms. The van der Waals surface area contributed by atoms with Crippen molar-refractivity contribution < 1.29 is 27.4 Å². The maximum Gasteiger partial charge on any atom is 0.410 e. The van der Waals surface area contributed by atoms with Gasteiger partial charge in [0, 0.05) is 49.6 Å². The zero-order chi connectivity index (χ0) is 27.2. The summed E-state index contributed by atoms with van der Waals surface area (Å²) < 4.78 is 40.5. The van der Waals surface area contributed by atoms with Gasteiger partial charge in [-0.3, -0.25) is 0 Å². The quantitative estimate of drug-likeness (QED) is 0.466. The smallest absolute Gasteiger partial charge is 0.410 e. The van der Waals surface area contributed by atoms with Crippen molar-refractivity contribution in [2.24, 2.45) is 0 Å². The van der Waals surface area contributed by atoms with Crippen LogP contribution >= 0.6 is 0 Å². The standard InChI is InChI=1S/C27H39N3O6S/c1-7-21-17-20(12-15-37(6,32)33)8-9-23(21)29-26-25(34-5)24(10-13-28-26)36-22-11-14-30(19(4)16-22)27(31)35-18(2)3/h8-10,13,17-19,22H,7,11-12,14-16H2,1-6H3,(H,28,29)/t19?,22-/m0/s1. The van der Waals surface area contributed by atoms with Crippen LogP contribution in [-0.4, -0.2) is 68.3 Å². The SMILES string of the molecule is CCc1cc(CCS(C)(=O)=O)ccc1Nc1nccc(O[C@H]2CCN(C(=O)OC(C)C)C(C)C2)c1OC. The van der Waals surface area contributed by atoms with Gasteiger partial charge in [0.25, 0.3) is 0 Å². The van der Waals surface area contributed by atoms with Crippen molar-refractivity contribution in [3.8, 4) is 11.5 Å². The summed E-state index contributed by atoms with van der Waals surface area (Å²) in [5.41, 5.74) is 2.90. The highest BCUT2D eigenvalue weighted by Crippen LogP contribution is 2.37. The Bertz CT molecular complexity index is 1180. The minimum absolute atomic E-state index is 0.0104. The van der Waals surface area contributed by atoms with Crippen molar-refractivity contribution in [2.45, 2.75) is 71.6 Å². The van der Waals surface area contributed by atoms with Crippen molar-refractivity contribution in [3.05, 3.63) is 41.6 Å². The molecule has 0 bridgehead atoms. The number of anilines is 2. The molecule has 2 atom stereocenters. The number of piperidine rings is 1. The molecule has 1 aliphatic rings. The van der Waals surface area contributed by atoms with E-state index in [1.54, 1.807) is 24.3 Å². The number of hydrogen-bond acceptors (Lipinski definition) is 8. The highest BCUT2D eigenvalue weighted by molar-refractivity contribution is 7.90. The summed E-state index contributed by atoms with van der Waals surface area (Å²) in [4.78, 5) is 18.6. The minimum atomic E-state index is -3.02. The lowest BCUT2D eigenvalue weighted by molar-refractivity contribution is 0.0299. The van der Waals surface area contributed by atoms with E-state index in [1.807, 2.05) is 39.0 Å². The Labute approximate surface area is 220 Å². The van der Waals surface area contributed by atoms with Crippen LogP contribution in [0, 0.1) is 0 Å². The van der Waals surface area contributed by atoms with Gasteiger partial charge < -0.3 is 24.4 Å². The van der Waals surface area contributed by atoms with Crippen LogP contribution in [0.3, 0.4) is 0 Å². The summed E-state index contributed by atoms with van der Waals surface area (Å²) in [7, 11) is -1.44. The normalized spacial score (nSPS) is 18.0. The van der Waals surface area contributed by atoms with Crippen LogP contribution in [-0.2, 0) is 27.4 Å². The highest BCUT2D eigenvalue weighted by atomic mass is 32.2. The lowest BCUT2D eigenvalue weighted by Crippen LogP contribution is -2.48. The van der Waals surface area contributed by atoms with Gasteiger partial charge in [0.05, 0.1) is 19.0 Å². The van der Waals surface area contributed by atoms with E-state index in [0.29, 0.717) is 43.1 Å². The fraction of sp³-hybridized carbons (Fsp3) is 0.556. The number of hydrogen-bond donors (Lipinski definition) is 1. The molecule has 0 radical (unpaired) electrons. The summed E-state index contributed by atoms with van der Waals surface area (Å²) in [6, 6.07) is 7.67. The monoisotopic (exact) mass is 533 g/mol. The van der Waals surface area contributed by atoms with Crippen molar-refractivity contribution in [1.82, 2.24) is 9.88 Å². The number of amides is 1. The predicted molar refractivity (Wildman–Crippen MR) is 145 cm³/mol. The second kappa shape index (κ2) is 12.5. The van der Waals surface area contributed by atoms with Crippen LogP contribution in [0.15, 0.2) is 30.5 Å². The molecule has 1 aromatic heterocycles. The van der Waals surface area contributed by atoms with Crippen molar-refractivity contribution in [1.29, 1.82) is 0 Å². The number of carbonyl (C=O) groups excluding carboxylic acids is 1. The van der Waals surface area contributed by atoms with Gasteiger partial charge in [0.2, 0.25) is 5.75 Å². The molecule has 1 amide bonds. The van der Waals surface area contributed by atoms with Gasteiger partial charge in [-0.1, -0.05) is 19.1 Å². The van der Waals surface area contributed by atoms with Crippen LogP contribution in [0.4, 0.5) is 16.3 Å². The summed E-state index contributed by atoms with van der Waals surface area (Å²) in [6.07, 6.45) is 5.00. The number of rotatable bonds is 10. The zero-order valence-electron chi connectivity index (χ0n) is 22.6. The zero-order valence-corrected chi connectivity index (χ0v) is 23.4. The van der Waals surface area contributed by atoms with Gasteiger partial charge in [0.15, 0.2) is 11.6 Å². The molecule has 1 fully saturated rings. The first kappa shape index (κ1) is 28.6. The van der Waals surface area contributed by atoms with E-state index >= 15 is 0 Å². The number of methoxy groups -OCH3 is 1. The van der Waals surface area contributed by atoms with E-state index in [2.05, 4.69) is 17.2 Å². The molecule has 2 aromatic rings. The highest BCUT2D eigenvalue weighted by Gasteiger charge is 2.32. The van der Waals surface area contributed by atoms with E-state index in [-0.39, 0.29) is 30.1 Å². The number of ether oxygens (including phenoxy) is 3. The van der Waals surface area contributed by atoms with Gasteiger partial charge in [0.1, 0.15) is 15.9 Å². The Morgan fingerprint density at radius 2 is 2.03 bits per heavy atom. The summed E-state index contributed by atoms with van der Waals surface area (Å²) >= 11 is 0. The molecule has 1 saturated heterocycles. The summed E-state index contributed by atoms with van der Waals surface area (Å²) in [6.45, 7) is 8.30. The molecule has 0 spiro atoms. The summed E-state index contributed by atoms with van der Waals surface area (Å²) in [5.74, 6) is 1.73. The predicted octanol–water partition coefficient (Wildman–Crippen LogP) is 4.76. The van der Waals surface area contributed by atoms with Crippen molar-refractivity contribution in [3.63, 3.8) is 0 Å². The molecule has 3 rings (SSSR count). The first-order valence-corrected chi connectivity index (χ1v) is 14.8. The average Bonchev–Trinajstić information content (AvgIpc) is 2.82. The first-order chi connectivity index (χ1) is 17.5. The number of sulfone groups is 1. The molecule has 1 aliphatic heterocycles.